The first-order valence-electron chi connectivity index (χ1n) is 4.97. The van der Waals surface area contributed by atoms with Gasteiger partial charge in [-0.15, -0.1) is 13.2 Å². The first kappa shape index (κ1) is 12.6. The summed E-state index contributed by atoms with van der Waals surface area (Å²) in [6.45, 7) is 1.93. The highest BCUT2D eigenvalue weighted by Gasteiger charge is 2.30. The van der Waals surface area contributed by atoms with Crippen molar-refractivity contribution in [3.05, 3.63) is 42.0 Å². The maximum atomic E-state index is 11.9. The number of allylic oxidation sites excluding steroid dienone is 2. The quantitative estimate of drug-likeness (QED) is 0.708. The fourth-order valence-corrected chi connectivity index (χ4v) is 1.27. The fourth-order valence-electron chi connectivity index (χ4n) is 1.27. The second kappa shape index (κ2) is 5.58. The van der Waals surface area contributed by atoms with E-state index in [9.17, 15) is 13.2 Å². The van der Waals surface area contributed by atoms with E-state index < -0.39 is 6.36 Å². The van der Waals surface area contributed by atoms with Gasteiger partial charge in [-0.25, -0.2) is 0 Å². The molecule has 1 aromatic carbocycles. The number of hydrogen-bond acceptors (Lipinski definition) is 1. The standard InChI is InChI=1S/C12H13F3O/c1-2-3-4-5-10-6-8-11(9-7-10)16-12(13,14)15/h2-3,6-9H,4-5H2,1H3/b3-2+. The van der Waals surface area contributed by atoms with E-state index in [1.165, 1.54) is 12.1 Å². The van der Waals surface area contributed by atoms with Gasteiger partial charge in [0, 0.05) is 0 Å². The number of rotatable bonds is 4. The highest BCUT2D eigenvalue weighted by Crippen LogP contribution is 2.22. The van der Waals surface area contributed by atoms with Crippen LogP contribution in [0.2, 0.25) is 0 Å². The maximum Gasteiger partial charge on any atom is 0.573 e. The van der Waals surface area contributed by atoms with Gasteiger partial charge in [0.05, 0.1) is 0 Å². The minimum atomic E-state index is -4.62. The molecule has 0 unspecified atom stereocenters. The summed E-state index contributed by atoms with van der Waals surface area (Å²) >= 11 is 0. The molecule has 0 heterocycles. The lowest BCUT2D eigenvalue weighted by molar-refractivity contribution is -0.274. The van der Waals surface area contributed by atoms with Crippen molar-refractivity contribution in [2.45, 2.75) is 26.1 Å². The molecule has 0 spiro atoms. The van der Waals surface area contributed by atoms with Crippen LogP contribution in [-0.2, 0) is 6.42 Å². The molecule has 88 valence electrons. The summed E-state index contributed by atoms with van der Waals surface area (Å²) in [6.07, 6.45) is 1.04. The van der Waals surface area contributed by atoms with Gasteiger partial charge in [-0.2, -0.15) is 0 Å². The first-order valence-corrected chi connectivity index (χ1v) is 4.97. The van der Waals surface area contributed by atoms with Crippen LogP contribution in [0.3, 0.4) is 0 Å². The molecule has 0 radical (unpaired) electrons. The molecule has 0 aliphatic heterocycles. The number of halogens is 3. The number of benzene rings is 1. The molecule has 0 N–H and O–H groups in total. The minimum absolute atomic E-state index is 0.178. The third kappa shape index (κ3) is 4.87. The van der Waals surface area contributed by atoms with Gasteiger partial charge < -0.3 is 4.74 Å². The summed E-state index contributed by atoms with van der Waals surface area (Å²) in [5, 5.41) is 0. The van der Waals surface area contributed by atoms with E-state index in [1.807, 2.05) is 19.1 Å². The van der Waals surface area contributed by atoms with Crippen molar-refractivity contribution < 1.29 is 17.9 Å². The van der Waals surface area contributed by atoms with Crippen LogP contribution in [0.4, 0.5) is 13.2 Å². The van der Waals surface area contributed by atoms with Crippen LogP contribution >= 0.6 is 0 Å². The molecule has 0 saturated carbocycles. The molecule has 0 aromatic heterocycles. The molecule has 0 fully saturated rings. The van der Waals surface area contributed by atoms with Crippen LogP contribution < -0.4 is 4.74 Å². The Hall–Kier alpha value is -1.45. The van der Waals surface area contributed by atoms with Crippen molar-refractivity contribution >= 4 is 0 Å². The summed E-state index contributed by atoms with van der Waals surface area (Å²) < 4.78 is 39.3. The molecule has 4 heteroatoms. The normalized spacial score (nSPS) is 12.0. The summed E-state index contributed by atoms with van der Waals surface area (Å²) in [4.78, 5) is 0. The Labute approximate surface area is 92.5 Å². The first-order chi connectivity index (χ1) is 7.51. The predicted octanol–water partition coefficient (Wildman–Crippen LogP) is 4.09. The lowest BCUT2D eigenvalue weighted by atomic mass is 10.1. The van der Waals surface area contributed by atoms with Gasteiger partial charge in [0.15, 0.2) is 0 Å². The van der Waals surface area contributed by atoms with Crippen molar-refractivity contribution in [1.29, 1.82) is 0 Å². The summed E-state index contributed by atoms with van der Waals surface area (Å²) in [6, 6.07) is 5.95. The Bertz CT molecular complexity index is 338. The third-order valence-electron chi connectivity index (χ3n) is 1.99. The van der Waals surface area contributed by atoms with Crippen molar-refractivity contribution in [3.63, 3.8) is 0 Å². The van der Waals surface area contributed by atoms with E-state index in [0.717, 1.165) is 18.4 Å². The zero-order valence-electron chi connectivity index (χ0n) is 8.92. The van der Waals surface area contributed by atoms with Crippen LogP contribution in [0.1, 0.15) is 18.9 Å². The smallest absolute Gasteiger partial charge is 0.406 e. The van der Waals surface area contributed by atoms with E-state index in [-0.39, 0.29) is 5.75 Å². The second-order valence-corrected chi connectivity index (χ2v) is 3.30. The highest BCUT2D eigenvalue weighted by molar-refractivity contribution is 5.27. The van der Waals surface area contributed by atoms with E-state index >= 15 is 0 Å². The Morgan fingerprint density at radius 1 is 1.19 bits per heavy atom. The van der Waals surface area contributed by atoms with E-state index in [2.05, 4.69) is 4.74 Å². The van der Waals surface area contributed by atoms with Gasteiger partial charge in [0.2, 0.25) is 0 Å². The fraction of sp³-hybridized carbons (Fsp3) is 0.333. The molecule has 1 aromatic rings. The van der Waals surface area contributed by atoms with Crippen LogP contribution in [0.25, 0.3) is 0 Å². The van der Waals surface area contributed by atoms with Gasteiger partial charge in [-0.3, -0.25) is 0 Å². The Balaban J connectivity index is 2.54. The molecule has 0 aliphatic rings. The van der Waals surface area contributed by atoms with Gasteiger partial charge >= 0.3 is 6.36 Å². The summed E-state index contributed by atoms with van der Waals surface area (Å²) in [7, 11) is 0. The van der Waals surface area contributed by atoms with E-state index in [4.69, 9.17) is 0 Å². The average Bonchev–Trinajstić information content (AvgIpc) is 2.19. The number of aryl methyl sites for hydroxylation is 1. The van der Waals surface area contributed by atoms with Gasteiger partial charge in [-0.05, 0) is 37.5 Å². The molecule has 0 amide bonds. The predicted molar refractivity (Wildman–Crippen MR) is 56.3 cm³/mol. The number of hydrogen-bond donors (Lipinski definition) is 0. The number of ether oxygens (including phenoxy) is 1. The third-order valence-corrected chi connectivity index (χ3v) is 1.99. The van der Waals surface area contributed by atoms with Gasteiger partial charge in [0.25, 0.3) is 0 Å². The lowest BCUT2D eigenvalue weighted by Crippen LogP contribution is -2.17. The van der Waals surface area contributed by atoms with Crippen molar-refractivity contribution in [2.75, 3.05) is 0 Å². The van der Waals surface area contributed by atoms with E-state index in [1.54, 1.807) is 12.1 Å². The molecule has 1 rings (SSSR count). The SMILES string of the molecule is C/C=C/CCc1ccc(OC(F)(F)F)cc1. The molecule has 16 heavy (non-hydrogen) atoms. The largest absolute Gasteiger partial charge is 0.573 e. The van der Waals surface area contributed by atoms with Crippen LogP contribution in [0.5, 0.6) is 5.75 Å². The molecule has 0 bridgehead atoms. The van der Waals surface area contributed by atoms with Crippen molar-refractivity contribution in [2.24, 2.45) is 0 Å². The number of alkyl halides is 3. The summed E-state index contributed by atoms with van der Waals surface area (Å²) in [5.74, 6) is -0.178. The highest BCUT2D eigenvalue weighted by atomic mass is 19.4. The molecule has 0 saturated heterocycles. The molecular weight excluding hydrogens is 217 g/mol. The molecule has 0 atom stereocenters. The molecule has 1 nitrogen and oxygen atoms in total. The topological polar surface area (TPSA) is 9.23 Å². The zero-order valence-corrected chi connectivity index (χ0v) is 8.92. The average molecular weight is 230 g/mol. The lowest BCUT2D eigenvalue weighted by Gasteiger charge is -2.08. The Morgan fingerprint density at radius 3 is 2.31 bits per heavy atom. The van der Waals surface area contributed by atoms with Crippen molar-refractivity contribution in [3.8, 4) is 5.75 Å². The maximum absolute atomic E-state index is 11.9. The zero-order chi connectivity index (χ0) is 12.0. The van der Waals surface area contributed by atoms with Gasteiger partial charge in [-0.1, -0.05) is 24.3 Å². The van der Waals surface area contributed by atoms with Crippen LogP contribution in [0.15, 0.2) is 36.4 Å². The summed E-state index contributed by atoms with van der Waals surface area (Å²) in [5.41, 5.74) is 0.993. The Morgan fingerprint density at radius 2 is 1.81 bits per heavy atom. The van der Waals surface area contributed by atoms with Crippen LogP contribution in [0, 0.1) is 0 Å². The minimum Gasteiger partial charge on any atom is -0.406 e. The van der Waals surface area contributed by atoms with Gasteiger partial charge in [0.1, 0.15) is 5.75 Å². The van der Waals surface area contributed by atoms with Crippen molar-refractivity contribution in [1.82, 2.24) is 0 Å². The van der Waals surface area contributed by atoms with Crippen LogP contribution in [-0.4, -0.2) is 6.36 Å². The molecular formula is C12H13F3O. The monoisotopic (exact) mass is 230 g/mol. The Kier molecular flexibility index (Phi) is 4.40. The van der Waals surface area contributed by atoms with E-state index in [0.29, 0.717) is 0 Å². The molecule has 0 aliphatic carbocycles. The second-order valence-electron chi connectivity index (χ2n) is 3.30.